The molecular formula is C18H20ClN3O3. The molecule has 2 amide bonds. The van der Waals surface area contributed by atoms with Crippen molar-refractivity contribution in [1.29, 1.82) is 0 Å². The van der Waals surface area contributed by atoms with Crippen LogP contribution in [0.15, 0.2) is 41.2 Å². The highest BCUT2D eigenvalue weighted by Gasteiger charge is 2.28. The highest BCUT2D eigenvalue weighted by molar-refractivity contribution is 6.30. The van der Waals surface area contributed by atoms with Gasteiger partial charge in [0, 0.05) is 42.5 Å². The van der Waals surface area contributed by atoms with Gasteiger partial charge >= 0.3 is 6.03 Å². The Morgan fingerprint density at radius 2 is 2.12 bits per heavy atom. The molecular weight excluding hydrogens is 342 g/mol. The fourth-order valence-corrected chi connectivity index (χ4v) is 2.97. The van der Waals surface area contributed by atoms with E-state index in [1.807, 2.05) is 13.0 Å². The quantitative estimate of drug-likeness (QED) is 0.913. The van der Waals surface area contributed by atoms with Crippen LogP contribution >= 0.6 is 11.6 Å². The Hall–Kier alpha value is -2.47. The van der Waals surface area contributed by atoms with E-state index in [0.717, 1.165) is 12.1 Å². The lowest BCUT2D eigenvalue weighted by molar-refractivity contribution is 0.194. The van der Waals surface area contributed by atoms with Crippen LogP contribution in [0.5, 0.6) is 5.75 Å². The lowest BCUT2D eigenvalue weighted by Crippen LogP contribution is -2.34. The number of likely N-dealkylation sites (tertiary alicyclic amines) is 1. The predicted octanol–water partition coefficient (Wildman–Crippen LogP) is 3.03. The maximum Gasteiger partial charge on any atom is 0.321 e. The number of hydrogen-bond acceptors (Lipinski definition) is 3. The lowest BCUT2D eigenvalue weighted by atomic mass is 10.3. The fraction of sp³-hybridized carbons (Fsp3) is 0.333. The second kappa shape index (κ2) is 7.19. The number of halogens is 1. The minimum absolute atomic E-state index is 0.108. The average molecular weight is 362 g/mol. The second-order valence-corrected chi connectivity index (χ2v) is 6.58. The molecule has 25 heavy (non-hydrogen) atoms. The molecule has 6 nitrogen and oxygen atoms in total. The highest BCUT2D eigenvalue weighted by Crippen LogP contribution is 2.20. The van der Waals surface area contributed by atoms with Gasteiger partial charge in [-0.2, -0.15) is 0 Å². The van der Waals surface area contributed by atoms with Crippen molar-refractivity contribution < 1.29 is 9.53 Å². The van der Waals surface area contributed by atoms with E-state index in [4.69, 9.17) is 16.3 Å². The molecule has 1 N–H and O–H groups in total. The summed E-state index contributed by atoms with van der Waals surface area (Å²) >= 11 is 5.93. The first-order chi connectivity index (χ1) is 11.9. The number of hydrogen-bond donors (Lipinski definition) is 1. The number of aryl methyl sites for hydroxylation is 1. The molecule has 1 atom stereocenters. The summed E-state index contributed by atoms with van der Waals surface area (Å²) in [6.07, 6.45) is 0.591. The Morgan fingerprint density at radius 1 is 1.32 bits per heavy atom. The molecule has 1 aromatic heterocycles. The van der Waals surface area contributed by atoms with E-state index < -0.39 is 0 Å². The molecule has 0 bridgehead atoms. The van der Waals surface area contributed by atoms with Crippen LogP contribution in [-0.4, -0.2) is 34.7 Å². The maximum atomic E-state index is 12.3. The molecule has 0 spiro atoms. The van der Waals surface area contributed by atoms with Crippen LogP contribution in [0.3, 0.4) is 0 Å². The summed E-state index contributed by atoms with van der Waals surface area (Å²) < 4.78 is 7.45. The van der Waals surface area contributed by atoms with Crippen LogP contribution in [0.2, 0.25) is 5.02 Å². The van der Waals surface area contributed by atoms with Gasteiger partial charge in [0.25, 0.3) is 5.56 Å². The molecule has 7 heteroatoms. The molecule has 0 radical (unpaired) electrons. The van der Waals surface area contributed by atoms with Crippen molar-refractivity contribution in [2.75, 3.05) is 18.4 Å². The zero-order valence-electron chi connectivity index (χ0n) is 14.2. The molecule has 0 saturated carbocycles. The second-order valence-electron chi connectivity index (χ2n) is 6.14. The summed E-state index contributed by atoms with van der Waals surface area (Å²) in [4.78, 5) is 25.9. The first-order valence-corrected chi connectivity index (χ1v) is 8.46. The number of carbonyl (C=O) groups excluding carboxylic acids is 1. The minimum atomic E-state index is -0.187. The molecule has 0 aliphatic carbocycles. The van der Waals surface area contributed by atoms with Crippen molar-refractivity contribution in [3.05, 3.63) is 57.5 Å². The number of nitrogens with zero attached hydrogens (tertiary/aromatic N) is 2. The Morgan fingerprint density at radius 3 is 2.84 bits per heavy atom. The molecule has 1 saturated heterocycles. The zero-order chi connectivity index (χ0) is 18.0. The van der Waals surface area contributed by atoms with Gasteiger partial charge in [-0.25, -0.2) is 4.79 Å². The summed E-state index contributed by atoms with van der Waals surface area (Å²) in [7, 11) is 1.72. The van der Waals surface area contributed by atoms with Gasteiger partial charge in [-0.05, 0) is 31.2 Å². The summed E-state index contributed by atoms with van der Waals surface area (Å²) in [5.41, 5.74) is 1.38. The van der Waals surface area contributed by atoms with E-state index in [1.54, 1.807) is 40.8 Å². The van der Waals surface area contributed by atoms with E-state index in [9.17, 15) is 9.59 Å². The lowest BCUT2D eigenvalue weighted by Gasteiger charge is -2.18. The summed E-state index contributed by atoms with van der Waals surface area (Å²) in [6.45, 7) is 2.93. The molecule has 1 aromatic carbocycles. The standard InChI is InChI=1S/C18H20ClN3O3/c1-12-8-16(10-17(23)21(12)2)25-15-6-7-22(11-15)18(24)20-14-5-3-4-13(19)9-14/h3-5,8-10,15H,6-7,11H2,1-2H3,(H,20,24). The van der Waals surface area contributed by atoms with Crippen molar-refractivity contribution in [2.45, 2.75) is 19.4 Å². The topological polar surface area (TPSA) is 63.6 Å². The molecule has 2 aromatic rings. The van der Waals surface area contributed by atoms with Gasteiger partial charge in [0.05, 0.1) is 6.54 Å². The van der Waals surface area contributed by atoms with E-state index in [2.05, 4.69) is 5.32 Å². The smallest absolute Gasteiger partial charge is 0.321 e. The Kier molecular flexibility index (Phi) is 4.99. The van der Waals surface area contributed by atoms with Gasteiger partial charge in [0.2, 0.25) is 0 Å². The first kappa shape index (κ1) is 17.4. The Balaban J connectivity index is 1.60. The van der Waals surface area contributed by atoms with Crippen LogP contribution in [0, 0.1) is 6.92 Å². The van der Waals surface area contributed by atoms with Gasteiger partial charge in [0.1, 0.15) is 11.9 Å². The van der Waals surface area contributed by atoms with E-state index in [-0.39, 0.29) is 17.7 Å². The van der Waals surface area contributed by atoms with Crippen LogP contribution in [0.1, 0.15) is 12.1 Å². The molecule has 132 valence electrons. The number of ether oxygens (including phenoxy) is 1. The third-order valence-corrected chi connectivity index (χ3v) is 4.52. The van der Waals surface area contributed by atoms with Crippen LogP contribution in [0.25, 0.3) is 0 Å². The van der Waals surface area contributed by atoms with Crippen molar-refractivity contribution in [1.82, 2.24) is 9.47 Å². The number of carbonyl (C=O) groups is 1. The van der Waals surface area contributed by atoms with E-state index in [1.165, 1.54) is 6.07 Å². The monoisotopic (exact) mass is 361 g/mol. The third-order valence-electron chi connectivity index (χ3n) is 4.29. The number of anilines is 1. The Bertz CT molecular complexity index is 850. The highest BCUT2D eigenvalue weighted by atomic mass is 35.5. The van der Waals surface area contributed by atoms with Crippen LogP contribution < -0.4 is 15.6 Å². The first-order valence-electron chi connectivity index (χ1n) is 8.08. The summed E-state index contributed by atoms with van der Waals surface area (Å²) in [6, 6.07) is 10.1. The zero-order valence-corrected chi connectivity index (χ0v) is 14.9. The van der Waals surface area contributed by atoms with Gasteiger partial charge in [0.15, 0.2) is 0 Å². The van der Waals surface area contributed by atoms with E-state index in [0.29, 0.717) is 29.5 Å². The van der Waals surface area contributed by atoms with Gasteiger partial charge < -0.3 is 19.5 Å². The predicted molar refractivity (Wildman–Crippen MR) is 97.5 cm³/mol. The number of nitrogens with one attached hydrogen (secondary N) is 1. The number of benzene rings is 1. The van der Waals surface area contributed by atoms with Crippen molar-refractivity contribution in [3.63, 3.8) is 0 Å². The molecule has 3 rings (SSSR count). The molecule has 2 heterocycles. The average Bonchev–Trinajstić information content (AvgIpc) is 3.01. The molecule has 1 fully saturated rings. The van der Waals surface area contributed by atoms with Gasteiger partial charge in [-0.1, -0.05) is 17.7 Å². The van der Waals surface area contributed by atoms with Gasteiger partial charge in [-0.3, -0.25) is 4.79 Å². The van der Waals surface area contributed by atoms with Crippen LogP contribution in [0.4, 0.5) is 10.5 Å². The van der Waals surface area contributed by atoms with Crippen molar-refractivity contribution >= 4 is 23.3 Å². The fourth-order valence-electron chi connectivity index (χ4n) is 2.77. The summed E-state index contributed by atoms with van der Waals surface area (Å²) in [5.74, 6) is 0.544. The molecule has 1 aliphatic heterocycles. The number of pyridine rings is 1. The third kappa shape index (κ3) is 4.14. The normalized spacial score (nSPS) is 16.8. The van der Waals surface area contributed by atoms with E-state index >= 15 is 0 Å². The summed E-state index contributed by atoms with van der Waals surface area (Å²) in [5, 5.41) is 3.40. The number of amides is 2. The maximum absolute atomic E-state index is 12.3. The number of urea groups is 1. The largest absolute Gasteiger partial charge is 0.488 e. The van der Waals surface area contributed by atoms with Crippen molar-refractivity contribution in [3.8, 4) is 5.75 Å². The SMILES string of the molecule is Cc1cc(OC2CCN(C(=O)Nc3cccc(Cl)c3)C2)cc(=O)n1C. The minimum Gasteiger partial charge on any atom is -0.488 e. The Labute approximate surface area is 151 Å². The van der Waals surface area contributed by atoms with Crippen LogP contribution in [-0.2, 0) is 7.05 Å². The van der Waals surface area contributed by atoms with Crippen molar-refractivity contribution in [2.24, 2.45) is 7.05 Å². The van der Waals surface area contributed by atoms with Gasteiger partial charge in [-0.15, -0.1) is 0 Å². The number of rotatable bonds is 3. The molecule has 1 aliphatic rings. The number of aromatic nitrogens is 1. The molecule has 1 unspecified atom stereocenters.